The second kappa shape index (κ2) is 4.77. The van der Waals surface area contributed by atoms with Gasteiger partial charge in [-0.3, -0.25) is 4.79 Å². The number of aliphatic hydroxyl groups excluding tert-OH is 1. The minimum Gasteiger partial charge on any atom is -0.392 e. The van der Waals surface area contributed by atoms with Crippen LogP contribution in [0.2, 0.25) is 0 Å². The van der Waals surface area contributed by atoms with E-state index in [4.69, 9.17) is 0 Å². The van der Waals surface area contributed by atoms with Gasteiger partial charge in [0.15, 0.2) is 5.78 Å². The molecule has 0 aromatic rings. The molecule has 2 heteroatoms. The Morgan fingerprint density at radius 2 is 2.24 bits per heavy atom. The van der Waals surface area contributed by atoms with Gasteiger partial charge in [0.25, 0.3) is 0 Å². The smallest absolute Gasteiger partial charge is 0.161 e. The molecule has 94 valence electrons. The zero-order valence-electron chi connectivity index (χ0n) is 10.8. The predicted octanol–water partition coefficient (Wildman–Crippen LogP) is 2.73. The summed E-state index contributed by atoms with van der Waals surface area (Å²) in [5, 5.41) is 9.23. The fourth-order valence-corrected chi connectivity index (χ4v) is 3.49. The third-order valence-electron chi connectivity index (χ3n) is 4.60. The Labute approximate surface area is 103 Å². The summed E-state index contributed by atoms with van der Waals surface area (Å²) < 4.78 is 0. The van der Waals surface area contributed by atoms with E-state index in [1.54, 1.807) is 0 Å². The molecule has 2 aliphatic carbocycles. The first-order chi connectivity index (χ1) is 8.04. The van der Waals surface area contributed by atoms with Crippen LogP contribution in [0.1, 0.15) is 33.1 Å². The first-order valence-electron chi connectivity index (χ1n) is 6.54. The quantitative estimate of drug-likeness (QED) is 0.746. The molecule has 0 radical (unpaired) electrons. The fourth-order valence-electron chi connectivity index (χ4n) is 3.49. The number of allylic oxidation sites excluding steroid dienone is 2. The van der Waals surface area contributed by atoms with Crippen LogP contribution in [0.15, 0.2) is 23.8 Å². The summed E-state index contributed by atoms with van der Waals surface area (Å²) >= 11 is 0. The van der Waals surface area contributed by atoms with Crippen molar-refractivity contribution in [3.63, 3.8) is 0 Å². The molecule has 0 aromatic carbocycles. The lowest BCUT2D eigenvalue weighted by Gasteiger charge is -2.43. The van der Waals surface area contributed by atoms with Gasteiger partial charge in [0.05, 0.1) is 6.61 Å². The average molecular weight is 234 g/mol. The number of ketones is 1. The molecule has 4 atom stereocenters. The molecule has 0 saturated heterocycles. The first kappa shape index (κ1) is 12.6. The van der Waals surface area contributed by atoms with Gasteiger partial charge in [-0.2, -0.15) is 0 Å². The van der Waals surface area contributed by atoms with Crippen LogP contribution >= 0.6 is 0 Å². The van der Waals surface area contributed by atoms with Crippen LogP contribution < -0.4 is 0 Å². The number of carbonyl (C=O) groups excluding carboxylic acids is 1. The second-order valence-electron chi connectivity index (χ2n) is 5.73. The van der Waals surface area contributed by atoms with Crippen LogP contribution in [0.4, 0.5) is 0 Å². The highest BCUT2D eigenvalue weighted by Crippen LogP contribution is 2.46. The molecular formula is C15H22O2. The monoisotopic (exact) mass is 234 g/mol. The van der Waals surface area contributed by atoms with Crippen molar-refractivity contribution in [1.82, 2.24) is 0 Å². The molecule has 1 saturated carbocycles. The van der Waals surface area contributed by atoms with Crippen molar-refractivity contribution < 1.29 is 9.90 Å². The van der Waals surface area contributed by atoms with Crippen LogP contribution in [0.5, 0.6) is 0 Å². The first-order valence-corrected chi connectivity index (χ1v) is 6.54. The average Bonchev–Trinajstić information content (AvgIpc) is 2.29. The van der Waals surface area contributed by atoms with Crippen molar-refractivity contribution in [2.75, 3.05) is 6.61 Å². The zero-order valence-corrected chi connectivity index (χ0v) is 10.8. The molecule has 0 heterocycles. The maximum Gasteiger partial charge on any atom is 0.161 e. The number of carbonyl (C=O) groups is 1. The van der Waals surface area contributed by atoms with E-state index < -0.39 is 0 Å². The summed E-state index contributed by atoms with van der Waals surface area (Å²) in [5.41, 5.74) is 1.83. The summed E-state index contributed by atoms with van der Waals surface area (Å²) in [6, 6.07) is 0. The number of hydrogen-bond donors (Lipinski definition) is 1. The van der Waals surface area contributed by atoms with Crippen molar-refractivity contribution in [3.8, 4) is 0 Å². The molecule has 2 rings (SSSR count). The van der Waals surface area contributed by atoms with Crippen molar-refractivity contribution in [1.29, 1.82) is 0 Å². The topological polar surface area (TPSA) is 37.3 Å². The molecule has 1 N–H and O–H groups in total. The van der Waals surface area contributed by atoms with E-state index in [1.165, 1.54) is 18.4 Å². The van der Waals surface area contributed by atoms with E-state index in [1.807, 2.05) is 6.08 Å². The van der Waals surface area contributed by atoms with Crippen LogP contribution in [0, 0.1) is 23.7 Å². The second-order valence-corrected chi connectivity index (χ2v) is 5.73. The third kappa shape index (κ3) is 2.23. The fraction of sp³-hybridized carbons (Fsp3) is 0.667. The minimum absolute atomic E-state index is 0.112. The van der Waals surface area contributed by atoms with Crippen LogP contribution in [0.3, 0.4) is 0 Å². The zero-order chi connectivity index (χ0) is 12.6. The van der Waals surface area contributed by atoms with Gasteiger partial charge >= 0.3 is 0 Å². The van der Waals surface area contributed by atoms with Gasteiger partial charge in [0.1, 0.15) is 0 Å². The molecule has 0 aromatic heterocycles. The van der Waals surface area contributed by atoms with Crippen molar-refractivity contribution in [3.05, 3.63) is 23.8 Å². The van der Waals surface area contributed by atoms with Gasteiger partial charge in [-0.25, -0.2) is 0 Å². The number of Topliss-reactive ketones (excluding diaryl/α,β-unsaturated/α-hetero) is 1. The molecule has 17 heavy (non-hydrogen) atoms. The van der Waals surface area contributed by atoms with E-state index in [0.717, 1.165) is 0 Å². The van der Waals surface area contributed by atoms with Gasteiger partial charge in [-0.15, -0.1) is 0 Å². The largest absolute Gasteiger partial charge is 0.392 e. The molecule has 2 aliphatic rings. The number of rotatable bonds is 2. The predicted molar refractivity (Wildman–Crippen MR) is 68.5 cm³/mol. The Morgan fingerprint density at radius 1 is 1.53 bits per heavy atom. The van der Waals surface area contributed by atoms with Gasteiger partial charge in [-0.05, 0) is 43.4 Å². The van der Waals surface area contributed by atoms with Crippen LogP contribution in [-0.4, -0.2) is 17.5 Å². The van der Waals surface area contributed by atoms with E-state index in [-0.39, 0.29) is 12.4 Å². The molecule has 0 spiro atoms. The van der Waals surface area contributed by atoms with Gasteiger partial charge in [0, 0.05) is 12.0 Å². The van der Waals surface area contributed by atoms with Crippen LogP contribution in [-0.2, 0) is 4.79 Å². The highest BCUT2D eigenvalue weighted by molar-refractivity contribution is 5.96. The van der Waals surface area contributed by atoms with E-state index in [9.17, 15) is 9.90 Å². The Bertz CT molecular complexity index is 367. The maximum atomic E-state index is 11.9. The molecule has 1 fully saturated rings. The SMILES string of the molecule is C=C(C)[C@H]1CC[C@H](C)[C@@H]2CC(=O)C(CO)=C[C@@H]21. The lowest BCUT2D eigenvalue weighted by molar-refractivity contribution is -0.119. The van der Waals surface area contributed by atoms with Gasteiger partial charge in [-0.1, -0.05) is 25.2 Å². The lowest BCUT2D eigenvalue weighted by atomic mass is 9.61. The van der Waals surface area contributed by atoms with Crippen molar-refractivity contribution in [2.45, 2.75) is 33.1 Å². The molecule has 2 nitrogen and oxygen atoms in total. The summed E-state index contributed by atoms with van der Waals surface area (Å²) in [6.45, 7) is 8.31. The Kier molecular flexibility index (Phi) is 3.53. The highest BCUT2D eigenvalue weighted by Gasteiger charge is 2.40. The summed E-state index contributed by atoms with van der Waals surface area (Å²) in [6.07, 6.45) is 5.00. The lowest BCUT2D eigenvalue weighted by Crippen LogP contribution is -2.38. The standard InChI is InChI=1S/C15H22O2/c1-9(2)12-5-4-10(3)13-7-15(17)11(8-16)6-14(12)13/h6,10,12-14,16H,1,4-5,7-8H2,2-3H3/t10-,12+,13-,14+/m0/s1. The molecule has 0 amide bonds. The Hall–Kier alpha value is -0.890. The van der Waals surface area contributed by atoms with E-state index >= 15 is 0 Å². The number of hydrogen-bond acceptors (Lipinski definition) is 2. The summed E-state index contributed by atoms with van der Waals surface area (Å²) in [4.78, 5) is 11.9. The van der Waals surface area contributed by atoms with Gasteiger partial charge < -0.3 is 5.11 Å². The minimum atomic E-state index is -0.112. The van der Waals surface area contributed by atoms with Crippen LogP contribution in [0.25, 0.3) is 0 Å². The number of fused-ring (bicyclic) bond motifs is 1. The Morgan fingerprint density at radius 3 is 2.82 bits per heavy atom. The van der Waals surface area contributed by atoms with Crippen molar-refractivity contribution in [2.24, 2.45) is 23.7 Å². The molecule has 0 unspecified atom stereocenters. The van der Waals surface area contributed by atoms with E-state index in [0.29, 0.717) is 35.7 Å². The highest BCUT2D eigenvalue weighted by atomic mass is 16.3. The molecule has 0 bridgehead atoms. The van der Waals surface area contributed by atoms with Gasteiger partial charge in [0.2, 0.25) is 0 Å². The normalized spacial score (nSPS) is 37.4. The van der Waals surface area contributed by atoms with E-state index in [2.05, 4.69) is 20.4 Å². The maximum absolute atomic E-state index is 11.9. The Balaban J connectivity index is 2.32. The molecule has 0 aliphatic heterocycles. The third-order valence-corrected chi connectivity index (χ3v) is 4.60. The molecular weight excluding hydrogens is 212 g/mol. The van der Waals surface area contributed by atoms with Crippen molar-refractivity contribution >= 4 is 5.78 Å². The summed E-state index contributed by atoms with van der Waals surface area (Å²) in [5.74, 6) is 2.11. The summed E-state index contributed by atoms with van der Waals surface area (Å²) in [7, 11) is 0. The number of aliphatic hydroxyl groups is 1.